The molecule has 0 radical (unpaired) electrons. The van der Waals surface area contributed by atoms with Crippen LogP contribution in [0.5, 0.6) is 0 Å². The molecule has 2 N–H and O–H groups in total. The summed E-state index contributed by atoms with van der Waals surface area (Å²) in [6.45, 7) is 7.50. The normalized spacial score (nSPS) is 10.8. The molecule has 0 aliphatic carbocycles. The number of nitrogens with zero attached hydrogens (tertiary/aromatic N) is 12. The molecule has 0 spiro atoms. The number of hydrogen-bond donors (Lipinski definition) is 2. The number of carbonyl (C=O) groups is 2. The number of carbonyl (C=O) groups excluding carboxylic acids is 2. The van der Waals surface area contributed by atoms with Crippen LogP contribution < -0.4 is 123 Å². The first-order valence-corrected chi connectivity index (χ1v) is 27.1. The van der Waals surface area contributed by atoms with Gasteiger partial charge in [-0.25, -0.2) is 10.2 Å². The minimum Gasteiger partial charge on any atom is -0.545 e. The van der Waals surface area contributed by atoms with Crippen molar-refractivity contribution in [1.82, 2.24) is 60.8 Å². The largest absolute Gasteiger partial charge is 1.00 e. The Labute approximate surface area is 565 Å². The molecule has 18 nitrogen and oxygen atoms in total. The van der Waals surface area contributed by atoms with E-state index in [0.717, 1.165) is 81.3 Å². The van der Waals surface area contributed by atoms with E-state index in [2.05, 4.69) is 111 Å². The Kier molecular flexibility index (Phi) is 23.8. The van der Waals surface area contributed by atoms with Crippen molar-refractivity contribution in [3.05, 3.63) is 200 Å². The molecule has 80 heavy (non-hydrogen) atoms. The van der Waals surface area contributed by atoms with Crippen LogP contribution in [0, 0.1) is 0 Å². The second-order valence-electron chi connectivity index (χ2n) is 18.3. The van der Waals surface area contributed by atoms with Gasteiger partial charge in [-0.3, -0.25) is 9.36 Å². The summed E-state index contributed by atoms with van der Waals surface area (Å²) in [5.74, 6) is -0.484. The standard InChI is InChI=1S/2C29H28BrN7O2.2K/c2*1-2-17-36(28-25(29(38)39)26(30)37(33-28)18-16-20-8-4-3-5-9-20)19-21-12-14-22(15-13-21)23-10-6-7-11-24(23)27-31-34-35-32-27;;/h2*3-15H,2,16-19H2,1H3,(H,38,39)(H,31,32,34,35);;/q;;2*+1/p-2. The first-order valence-electron chi connectivity index (χ1n) is 25.5. The molecule has 6 aromatic carbocycles. The fourth-order valence-corrected chi connectivity index (χ4v) is 10.4. The van der Waals surface area contributed by atoms with E-state index in [1.54, 1.807) is 9.36 Å². The number of aromatic carboxylic acids is 2. The minimum atomic E-state index is -1.25. The van der Waals surface area contributed by atoms with Crippen LogP contribution in [0.1, 0.15) is 69.7 Å². The summed E-state index contributed by atoms with van der Waals surface area (Å²) in [5.41, 5.74) is 10.4. The van der Waals surface area contributed by atoms with Gasteiger partial charge in [0, 0.05) is 50.4 Å². The molecule has 0 saturated heterocycles. The summed E-state index contributed by atoms with van der Waals surface area (Å²) in [7, 11) is 0. The summed E-state index contributed by atoms with van der Waals surface area (Å²) < 4.78 is 4.25. The quantitative estimate of drug-likeness (QED) is 0.0930. The summed E-state index contributed by atoms with van der Waals surface area (Å²) in [4.78, 5) is 28.4. The number of anilines is 2. The average Bonchev–Trinajstić information content (AvgIpc) is 4.32. The first kappa shape index (κ1) is 62.3. The molecule has 396 valence electrons. The average molecular weight is 1250 g/mol. The third-order valence-corrected chi connectivity index (χ3v) is 14.6. The number of hydrogen-bond acceptors (Lipinski definition) is 14. The van der Waals surface area contributed by atoms with Crippen LogP contribution in [-0.4, -0.2) is 85.8 Å². The summed E-state index contributed by atoms with van der Waals surface area (Å²) >= 11 is 6.95. The van der Waals surface area contributed by atoms with Crippen molar-refractivity contribution in [3.63, 3.8) is 0 Å². The van der Waals surface area contributed by atoms with Crippen LogP contribution in [0.4, 0.5) is 11.6 Å². The van der Waals surface area contributed by atoms with E-state index in [-0.39, 0.29) is 114 Å². The van der Waals surface area contributed by atoms with E-state index in [4.69, 9.17) is 10.2 Å². The molecule has 4 heterocycles. The molecule has 0 atom stereocenters. The predicted molar refractivity (Wildman–Crippen MR) is 302 cm³/mol. The van der Waals surface area contributed by atoms with Gasteiger partial charge in [-0.05, 0) is 123 Å². The van der Waals surface area contributed by atoms with Gasteiger partial charge in [-0.2, -0.15) is 10.2 Å². The number of rotatable bonds is 22. The van der Waals surface area contributed by atoms with Gasteiger partial charge >= 0.3 is 103 Å². The molecule has 0 saturated carbocycles. The summed E-state index contributed by atoms with van der Waals surface area (Å²) in [6.07, 6.45) is 3.12. The first-order chi connectivity index (χ1) is 38.1. The molecule has 0 unspecified atom stereocenters. The number of nitrogens with one attached hydrogen (secondary N) is 2. The van der Waals surface area contributed by atoms with Gasteiger partial charge in [0.05, 0.1) is 23.1 Å². The molecule has 0 aliphatic rings. The maximum atomic E-state index is 12.2. The molecular weight excluding hydrogens is 1190 g/mol. The zero-order valence-electron chi connectivity index (χ0n) is 44.8. The Morgan fingerprint density at radius 3 is 1.16 bits per heavy atom. The molecule has 0 bridgehead atoms. The summed E-state index contributed by atoms with van der Waals surface area (Å²) in [5, 5.41) is 62.4. The molecule has 22 heteroatoms. The van der Waals surface area contributed by atoms with E-state index >= 15 is 0 Å². The van der Waals surface area contributed by atoms with Gasteiger partial charge in [-0.15, -0.1) is 10.2 Å². The van der Waals surface area contributed by atoms with E-state index in [1.807, 2.05) is 143 Å². The molecule has 0 amide bonds. The van der Waals surface area contributed by atoms with Crippen molar-refractivity contribution < 1.29 is 123 Å². The maximum Gasteiger partial charge on any atom is 1.00 e. The third kappa shape index (κ3) is 15.6. The van der Waals surface area contributed by atoms with Crippen LogP contribution >= 0.6 is 31.9 Å². The predicted octanol–water partition coefficient (Wildman–Crippen LogP) is 3.04. The SMILES string of the molecule is CCCN(Cc1ccc(-c2ccccc2-c2nnn[nH]2)cc1)c1nn(CCc2ccccc2)c(Br)c1C(=O)[O-].CCCN(Cc1ccc(-c2ccccc2-c2nnn[nH]2)cc1)c1nn(CCc2ccccc2)c(Br)c1C(=O)[O-].[K+].[K+]. The molecule has 4 aromatic heterocycles. The Hall–Kier alpha value is -5.35. The van der Waals surface area contributed by atoms with Gasteiger partial charge in [0.25, 0.3) is 0 Å². The fraction of sp³-hybridized carbons (Fsp3) is 0.207. The van der Waals surface area contributed by atoms with Crippen LogP contribution in [-0.2, 0) is 39.0 Å². The Balaban J connectivity index is 0.000000225. The van der Waals surface area contributed by atoms with E-state index < -0.39 is 11.9 Å². The number of aryl methyl sites for hydroxylation is 4. The molecule has 10 rings (SSSR count). The smallest absolute Gasteiger partial charge is 0.545 e. The van der Waals surface area contributed by atoms with Gasteiger partial charge in [0.2, 0.25) is 0 Å². The van der Waals surface area contributed by atoms with Gasteiger partial charge in [0.15, 0.2) is 23.3 Å². The van der Waals surface area contributed by atoms with E-state index in [1.165, 1.54) is 0 Å². The van der Waals surface area contributed by atoms with Gasteiger partial charge < -0.3 is 29.6 Å². The number of carboxylic acids is 2. The number of benzene rings is 6. The van der Waals surface area contributed by atoms with Crippen LogP contribution in [0.3, 0.4) is 0 Å². The maximum absolute atomic E-state index is 12.2. The Morgan fingerprint density at radius 2 is 0.838 bits per heavy atom. The molecule has 10 aromatic rings. The summed E-state index contributed by atoms with van der Waals surface area (Å²) in [6, 6.07) is 52.4. The van der Waals surface area contributed by atoms with Crippen LogP contribution in [0.25, 0.3) is 45.0 Å². The van der Waals surface area contributed by atoms with E-state index in [0.29, 0.717) is 71.8 Å². The van der Waals surface area contributed by atoms with Crippen molar-refractivity contribution in [2.45, 2.75) is 65.7 Å². The van der Waals surface area contributed by atoms with Crippen LogP contribution in [0.15, 0.2) is 167 Å². The fourth-order valence-electron chi connectivity index (χ4n) is 9.22. The van der Waals surface area contributed by atoms with Crippen molar-refractivity contribution in [1.29, 1.82) is 0 Å². The topological polar surface area (TPSA) is 231 Å². The molecule has 0 aliphatic heterocycles. The van der Waals surface area contributed by atoms with Crippen molar-refractivity contribution >= 4 is 55.4 Å². The zero-order chi connectivity index (χ0) is 54.4. The Bertz CT molecular complexity index is 3320. The van der Waals surface area contributed by atoms with E-state index in [9.17, 15) is 19.8 Å². The van der Waals surface area contributed by atoms with Gasteiger partial charge in [0.1, 0.15) is 9.21 Å². The zero-order valence-corrected chi connectivity index (χ0v) is 54.3. The van der Waals surface area contributed by atoms with Crippen molar-refractivity contribution in [2.75, 3.05) is 22.9 Å². The number of H-pyrrole nitrogens is 2. The number of halogens is 2. The third-order valence-electron chi connectivity index (χ3n) is 13.0. The Morgan fingerprint density at radius 1 is 0.487 bits per heavy atom. The molecule has 0 fully saturated rings. The number of tetrazole rings is 2. The second-order valence-corrected chi connectivity index (χ2v) is 19.8. The van der Waals surface area contributed by atoms with Gasteiger partial charge in [-0.1, -0.05) is 172 Å². The van der Waals surface area contributed by atoms with Crippen molar-refractivity contribution in [2.24, 2.45) is 0 Å². The number of carboxylic acid groups (broad SMARTS) is 2. The number of aromatic amines is 2. The van der Waals surface area contributed by atoms with Crippen molar-refractivity contribution in [3.8, 4) is 45.0 Å². The molecular formula is C58H54Br2K2N14O4. The minimum absolute atomic E-state index is 0. The second kappa shape index (κ2) is 30.6. The van der Waals surface area contributed by atoms with Crippen LogP contribution in [0.2, 0.25) is 0 Å². The monoisotopic (exact) mass is 1250 g/mol. The number of aromatic nitrogens is 12.